The number of nitro groups is 1. The van der Waals surface area contributed by atoms with Crippen LogP contribution in [0.5, 0.6) is 0 Å². The summed E-state index contributed by atoms with van der Waals surface area (Å²) in [6.07, 6.45) is 0.349. The minimum atomic E-state index is -0.609. The molecule has 0 aliphatic carbocycles. The Balaban J connectivity index is 3.03. The second-order valence-corrected chi connectivity index (χ2v) is 5.59. The van der Waals surface area contributed by atoms with Crippen LogP contribution in [-0.4, -0.2) is 10.3 Å². The zero-order chi connectivity index (χ0) is 13.2. The monoisotopic (exact) mass is 259 g/mol. The van der Waals surface area contributed by atoms with Crippen molar-refractivity contribution in [2.24, 2.45) is 5.41 Å². The molecule has 0 aromatic heterocycles. The fourth-order valence-electron chi connectivity index (χ4n) is 1.38. The van der Waals surface area contributed by atoms with E-state index in [0.29, 0.717) is 12.0 Å². The van der Waals surface area contributed by atoms with Crippen LogP contribution in [0, 0.1) is 21.3 Å². The van der Waals surface area contributed by atoms with Crippen molar-refractivity contribution in [2.45, 2.75) is 32.6 Å². The fourth-order valence-corrected chi connectivity index (χ4v) is 1.55. The summed E-state index contributed by atoms with van der Waals surface area (Å²) < 4.78 is 12.9. The molecule has 0 bridgehead atoms. The van der Waals surface area contributed by atoms with E-state index < -0.39 is 10.7 Å². The number of alkyl halides is 1. The van der Waals surface area contributed by atoms with Crippen molar-refractivity contribution in [3.05, 3.63) is 39.7 Å². The van der Waals surface area contributed by atoms with E-state index in [1.807, 2.05) is 20.8 Å². The van der Waals surface area contributed by atoms with E-state index in [-0.39, 0.29) is 16.5 Å². The third-order valence-electron chi connectivity index (χ3n) is 2.58. The molecule has 1 aromatic rings. The van der Waals surface area contributed by atoms with Crippen molar-refractivity contribution in [3.8, 4) is 0 Å². The molecule has 0 saturated carbocycles. The first kappa shape index (κ1) is 13.9. The Hall–Kier alpha value is -1.16. The summed E-state index contributed by atoms with van der Waals surface area (Å²) in [6, 6.07) is 3.57. The van der Waals surface area contributed by atoms with Crippen LogP contribution in [0.4, 0.5) is 10.1 Å². The van der Waals surface area contributed by atoms with Crippen molar-refractivity contribution in [2.75, 3.05) is 0 Å². The molecule has 0 radical (unpaired) electrons. The lowest BCUT2D eigenvalue weighted by Gasteiger charge is -2.24. The predicted octanol–water partition coefficient (Wildman–Crippen LogP) is 3.93. The largest absolute Gasteiger partial charge is 0.275 e. The number of hydrogen-bond donors (Lipinski definition) is 0. The van der Waals surface area contributed by atoms with E-state index in [9.17, 15) is 14.5 Å². The van der Waals surface area contributed by atoms with Gasteiger partial charge in [0.15, 0.2) is 0 Å². The topological polar surface area (TPSA) is 43.1 Å². The first-order valence-electron chi connectivity index (χ1n) is 5.28. The van der Waals surface area contributed by atoms with Gasteiger partial charge in [-0.15, -0.1) is 11.6 Å². The molecule has 1 atom stereocenters. The Morgan fingerprint density at radius 2 is 2.06 bits per heavy atom. The predicted molar refractivity (Wildman–Crippen MR) is 65.9 cm³/mol. The summed E-state index contributed by atoms with van der Waals surface area (Å²) in [5.41, 5.74) is 0.0929. The highest BCUT2D eigenvalue weighted by Gasteiger charge is 2.25. The van der Waals surface area contributed by atoms with Gasteiger partial charge in [0.05, 0.1) is 11.0 Å². The van der Waals surface area contributed by atoms with E-state index >= 15 is 0 Å². The third-order valence-corrected chi connectivity index (χ3v) is 3.39. The summed E-state index contributed by atoms with van der Waals surface area (Å²) in [5.74, 6) is -0.609. The summed E-state index contributed by atoms with van der Waals surface area (Å²) in [7, 11) is 0. The van der Waals surface area contributed by atoms with Crippen LogP contribution in [0.25, 0.3) is 0 Å². The van der Waals surface area contributed by atoms with Crippen LogP contribution in [0.15, 0.2) is 18.2 Å². The van der Waals surface area contributed by atoms with Crippen molar-refractivity contribution in [3.63, 3.8) is 0 Å². The highest BCUT2D eigenvalue weighted by molar-refractivity contribution is 6.21. The molecule has 1 unspecified atom stereocenters. The number of benzene rings is 1. The molecule has 0 heterocycles. The summed E-state index contributed by atoms with van der Waals surface area (Å²) in [5, 5.41) is 10.6. The standard InChI is InChI=1S/C12H15ClFNO2/c1-12(2,3)11(13)6-8-4-5-9(14)7-10(8)15(16)17/h4-5,7,11H,6H2,1-3H3. The zero-order valence-electron chi connectivity index (χ0n) is 10.0. The molecular weight excluding hydrogens is 245 g/mol. The average Bonchev–Trinajstić information content (AvgIpc) is 2.18. The number of nitro benzene ring substituents is 1. The maximum absolute atomic E-state index is 12.9. The van der Waals surface area contributed by atoms with E-state index in [1.165, 1.54) is 12.1 Å². The average molecular weight is 260 g/mol. The molecule has 3 nitrogen and oxygen atoms in total. The minimum Gasteiger partial charge on any atom is -0.258 e. The van der Waals surface area contributed by atoms with Crippen LogP contribution in [0.1, 0.15) is 26.3 Å². The second-order valence-electron chi connectivity index (χ2n) is 5.07. The van der Waals surface area contributed by atoms with Crippen LogP contribution in [0.3, 0.4) is 0 Å². The summed E-state index contributed by atoms with van der Waals surface area (Å²) >= 11 is 6.19. The maximum atomic E-state index is 12.9. The Labute approximate surface area is 105 Å². The Morgan fingerprint density at radius 1 is 1.47 bits per heavy atom. The van der Waals surface area contributed by atoms with Crippen molar-refractivity contribution < 1.29 is 9.31 Å². The molecule has 0 spiro atoms. The molecule has 0 fully saturated rings. The van der Waals surface area contributed by atoms with Gasteiger partial charge in [0.1, 0.15) is 5.82 Å². The lowest BCUT2D eigenvalue weighted by molar-refractivity contribution is -0.385. The van der Waals surface area contributed by atoms with Gasteiger partial charge in [0.25, 0.3) is 5.69 Å². The van der Waals surface area contributed by atoms with Gasteiger partial charge in [-0.1, -0.05) is 20.8 Å². The van der Waals surface area contributed by atoms with E-state index in [0.717, 1.165) is 6.07 Å². The quantitative estimate of drug-likeness (QED) is 0.469. The molecule has 0 aliphatic heterocycles. The number of halogens is 2. The Morgan fingerprint density at radius 3 is 2.53 bits per heavy atom. The van der Waals surface area contributed by atoms with Crippen LogP contribution in [-0.2, 0) is 6.42 Å². The molecule has 0 N–H and O–H groups in total. The smallest absolute Gasteiger partial charge is 0.258 e. The van der Waals surface area contributed by atoms with E-state index in [2.05, 4.69) is 0 Å². The molecule has 5 heteroatoms. The summed E-state index contributed by atoms with van der Waals surface area (Å²) in [4.78, 5) is 10.2. The maximum Gasteiger partial charge on any atom is 0.275 e. The van der Waals surface area contributed by atoms with Gasteiger partial charge in [-0.2, -0.15) is 0 Å². The highest BCUT2D eigenvalue weighted by atomic mass is 35.5. The van der Waals surface area contributed by atoms with Gasteiger partial charge in [0.2, 0.25) is 0 Å². The van der Waals surface area contributed by atoms with E-state index in [1.54, 1.807) is 0 Å². The molecule has 1 rings (SSSR count). The van der Waals surface area contributed by atoms with Crippen molar-refractivity contribution >= 4 is 17.3 Å². The Bertz CT molecular complexity index is 429. The molecule has 17 heavy (non-hydrogen) atoms. The first-order chi connectivity index (χ1) is 7.71. The molecule has 1 aromatic carbocycles. The van der Waals surface area contributed by atoms with Gasteiger partial charge < -0.3 is 0 Å². The SMILES string of the molecule is CC(C)(C)C(Cl)Cc1ccc(F)cc1[N+](=O)[O-]. The van der Waals surface area contributed by atoms with Gasteiger partial charge >= 0.3 is 0 Å². The summed E-state index contributed by atoms with van der Waals surface area (Å²) in [6.45, 7) is 5.88. The van der Waals surface area contributed by atoms with Crippen LogP contribution in [0.2, 0.25) is 0 Å². The van der Waals surface area contributed by atoms with E-state index in [4.69, 9.17) is 11.6 Å². The molecule has 0 aliphatic rings. The number of nitrogens with zero attached hydrogens (tertiary/aromatic N) is 1. The highest BCUT2D eigenvalue weighted by Crippen LogP contribution is 2.30. The second kappa shape index (κ2) is 5.00. The van der Waals surface area contributed by atoms with Crippen molar-refractivity contribution in [1.29, 1.82) is 0 Å². The molecular formula is C12H15ClFNO2. The van der Waals surface area contributed by atoms with Crippen LogP contribution >= 0.6 is 11.6 Å². The van der Waals surface area contributed by atoms with Crippen molar-refractivity contribution in [1.82, 2.24) is 0 Å². The number of rotatable bonds is 3. The lowest BCUT2D eigenvalue weighted by atomic mass is 9.87. The van der Waals surface area contributed by atoms with Gasteiger partial charge in [-0.3, -0.25) is 10.1 Å². The fraction of sp³-hybridized carbons (Fsp3) is 0.500. The lowest BCUT2D eigenvalue weighted by Crippen LogP contribution is -2.23. The molecule has 0 saturated heterocycles. The molecule has 94 valence electrons. The Kier molecular flexibility index (Phi) is 4.09. The molecule has 0 amide bonds. The van der Waals surface area contributed by atoms with Crippen LogP contribution < -0.4 is 0 Å². The van der Waals surface area contributed by atoms with Gasteiger partial charge in [-0.25, -0.2) is 4.39 Å². The zero-order valence-corrected chi connectivity index (χ0v) is 10.8. The van der Waals surface area contributed by atoms with Gasteiger partial charge in [0, 0.05) is 10.9 Å². The first-order valence-corrected chi connectivity index (χ1v) is 5.72. The van der Waals surface area contributed by atoms with Gasteiger partial charge in [-0.05, 0) is 24.0 Å². The third kappa shape index (κ3) is 3.66. The number of hydrogen-bond acceptors (Lipinski definition) is 2. The normalized spacial score (nSPS) is 13.5. The minimum absolute atomic E-state index is 0.163.